The zero-order valence-electron chi connectivity index (χ0n) is 6.11. The van der Waals surface area contributed by atoms with Gasteiger partial charge in [-0.3, -0.25) is 0 Å². The Morgan fingerprint density at radius 2 is 2.09 bits per heavy atom. The molecule has 5 heteroatoms. The Bertz CT molecular complexity index is 114. The summed E-state index contributed by atoms with van der Waals surface area (Å²) in [7, 11) is 1.40. The van der Waals surface area contributed by atoms with Crippen molar-refractivity contribution >= 4 is 11.6 Å². The Hall–Kier alpha value is 0.130. The van der Waals surface area contributed by atoms with Gasteiger partial charge >= 0.3 is 0 Å². The third-order valence-electron chi connectivity index (χ3n) is 1.70. The van der Waals surface area contributed by atoms with Crippen molar-refractivity contribution in [2.45, 2.75) is 24.6 Å². The smallest absolute Gasteiger partial charge is 0.186 e. The minimum absolute atomic E-state index is 0.151. The van der Waals surface area contributed by atoms with Crippen molar-refractivity contribution < 1.29 is 19.7 Å². The molecular formula is C6H11ClO4. The van der Waals surface area contributed by atoms with Crippen LogP contribution in [0.2, 0.25) is 0 Å². The largest absolute Gasteiger partial charge is 0.387 e. The van der Waals surface area contributed by atoms with Crippen LogP contribution in [0, 0.1) is 0 Å². The molecule has 1 rings (SSSR count). The van der Waals surface area contributed by atoms with E-state index in [0.29, 0.717) is 0 Å². The summed E-state index contributed by atoms with van der Waals surface area (Å²) in [5.41, 5.74) is 0. The number of alkyl halides is 1. The van der Waals surface area contributed by atoms with Crippen LogP contribution < -0.4 is 0 Å². The third-order valence-corrected chi connectivity index (χ3v) is 2.01. The Kier molecular flexibility index (Phi) is 3.09. The molecule has 1 aliphatic heterocycles. The van der Waals surface area contributed by atoms with E-state index in [0.717, 1.165) is 0 Å². The van der Waals surface area contributed by atoms with E-state index < -0.39 is 24.6 Å². The van der Waals surface area contributed by atoms with Crippen LogP contribution in [0.1, 0.15) is 0 Å². The van der Waals surface area contributed by atoms with Crippen LogP contribution >= 0.6 is 11.6 Å². The van der Waals surface area contributed by atoms with Crippen molar-refractivity contribution in [3.05, 3.63) is 0 Å². The first-order valence-electron chi connectivity index (χ1n) is 3.31. The predicted octanol–water partition coefficient (Wildman–Crippen LogP) is -0.682. The molecule has 1 aliphatic rings. The van der Waals surface area contributed by atoms with E-state index in [1.165, 1.54) is 7.11 Å². The Balaban J connectivity index is 2.53. The fourth-order valence-electron chi connectivity index (χ4n) is 1.04. The molecule has 1 heterocycles. The highest BCUT2D eigenvalue weighted by Gasteiger charge is 2.42. The standard InChI is InChI=1S/C6H11ClO4/c1-10-6-5(9)4(8)3(2-7)11-6/h3-6,8-9H,2H2,1H3/t3-,4-,5-,6-/m1/s1. The molecule has 2 N–H and O–H groups in total. The fourth-order valence-corrected chi connectivity index (χ4v) is 1.29. The van der Waals surface area contributed by atoms with Crippen LogP contribution in [0.5, 0.6) is 0 Å². The summed E-state index contributed by atoms with van der Waals surface area (Å²) in [6.07, 6.45) is -3.23. The second-order valence-corrected chi connectivity index (χ2v) is 2.72. The quantitative estimate of drug-likeness (QED) is 0.556. The first-order valence-corrected chi connectivity index (χ1v) is 3.84. The zero-order chi connectivity index (χ0) is 8.43. The van der Waals surface area contributed by atoms with Gasteiger partial charge in [-0.2, -0.15) is 0 Å². The van der Waals surface area contributed by atoms with E-state index in [2.05, 4.69) is 0 Å². The molecule has 0 saturated carbocycles. The number of halogens is 1. The van der Waals surface area contributed by atoms with Gasteiger partial charge in [0.1, 0.15) is 18.3 Å². The first-order chi connectivity index (χ1) is 5.20. The van der Waals surface area contributed by atoms with Crippen molar-refractivity contribution in [1.82, 2.24) is 0 Å². The van der Waals surface area contributed by atoms with Crippen molar-refractivity contribution in [2.75, 3.05) is 13.0 Å². The van der Waals surface area contributed by atoms with Crippen LogP contribution in [-0.4, -0.2) is 47.8 Å². The van der Waals surface area contributed by atoms with E-state index in [4.69, 9.17) is 21.1 Å². The van der Waals surface area contributed by atoms with Gasteiger partial charge in [-0.1, -0.05) is 0 Å². The summed E-state index contributed by atoms with van der Waals surface area (Å²) in [6, 6.07) is 0. The van der Waals surface area contributed by atoms with Crippen molar-refractivity contribution in [2.24, 2.45) is 0 Å². The monoisotopic (exact) mass is 182 g/mol. The molecule has 1 saturated heterocycles. The summed E-state index contributed by atoms with van der Waals surface area (Å²) >= 11 is 5.44. The number of ether oxygens (including phenoxy) is 2. The van der Waals surface area contributed by atoms with Gasteiger partial charge in [-0.05, 0) is 0 Å². The van der Waals surface area contributed by atoms with Crippen molar-refractivity contribution in [3.8, 4) is 0 Å². The fraction of sp³-hybridized carbons (Fsp3) is 1.00. The van der Waals surface area contributed by atoms with Crippen LogP contribution in [0.15, 0.2) is 0 Å². The maximum Gasteiger partial charge on any atom is 0.186 e. The van der Waals surface area contributed by atoms with Crippen molar-refractivity contribution in [1.29, 1.82) is 0 Å². The van der Waals surface area contributed by atoms with Gasteiger partial charge in [0, 0.05) is 7.11 Å². The predicted molar refractivity (Wildman–Crippen MR) is 38.4 cm³/mol. The Morgan fingerprint density at radius 3 is 2.36 bits per heavy atom. The molecule has 0 unspecified atom stereocenters. The summed E-state index contributed by atoms with van der Waals surface area (Å²) in [6.45, 7) is 0. The molecule has 0 aromatic rings. The van der Waals surface area contributed by atoms with Gasteiger partial charge in [0.2, 0.25) is 0 Å². The molecule has 0 radical (unpaired) electrons. The maximum absolute atomic E-state index is 9.22. The molecule has 0 bridgehead atoms. The molecule has 0 spiro atoms. The summed E-state index contributed by atoms with van der Waals surface area (Å²) in [4.78, 5) is 0. The number of aliphatic hydroxyl groups excluding tert-OH is 2. The normalized spacial score (nSPS) is 44.7. The van der Waals surface area contributed by atoms with E-state index in [-0.39, 0.29) is 5.88 Å². The number of rotatable bonds is 2. The molecule has 4 nitrogen and oxygen atoms in total. The maximum atomic E-state index is 9.22. The average Bonchev–Trinajstić information content (AvgIpc) is 2.30. The highest BCUT2D eigenvalue weighted by atomic mass is 35.5. The molecule has 11 heavy (non-hydrogen) atoms. The average molecular weight is 183 g/mol. The molecular weight excluding hydrogens is 172 g/mol. The van der Waals surface area contributed by atoms with Gasteiger partial charge in [0.05, 0.1) is 5.88 Å². The van der Waals surface area contributed by atoms with Crippen LogP contribution in [0.25, 0.3) is 0 Å². The number of aliphatic hydroxyl groups is 2. The molecule has 4 atom stereocenters. The highest BCUT2D eigenvalue weighted by molar-refractivity contribution is 6.18. The second-order valence-electron chi connectivity index (χ2n) is 2.41. The minimum Gasteiger partial charge on any atom is -0.387 e. The van der Waals surface area contributed by atoms with Crippen molar-refractivity contribution in [3.63, 3.8) is 0 Å². The lowest BCUT2D eigenvalue weighted by Crippen LogP contribution is -2.33. The van der Waals surface area contributed by atoms with E-state index in [9.17, 15) is 10.2 Å². The second kappa shape index (κ2) is 3.69. The molecule has 0 amide bonds. The lowest BCUT2D eigenvalue weighted by Gasteiger charge is -2.11. The van der Waals surface area contributed by atoms with Gasteiger partial charge in [-0.25, -0.2) is 0 Å². The Labute approximate surface area is 69.7 Å². The number of hydrogen-bond acceptors (Lipinski definition) is 4. The van der Waals surface area contributed by atoms with Gasteiger partial charge in [0.25, 0.3) is 0 Å². The van der Waals surface area contributed by atoms with E-state index in [1.54, 1.807) is 0 Å². The third kappa shape index (κ3) is 1.65. The molecule has 0 aromatic carbocycles. The molecule has 0 aromatic heterocycles. The van der Waals surface area contributed by atoms with Gasteiger partial charge in [0.15, 0.2) is 6.29 Å². The van der Waals surface area contributed by atoms with Crippen LogP contribution in [0.3, 0.4) is 0 Å². The summed E-state index contributed by atoms with van der Waals surface area (Å²) < 4.78 is 9.77. The van der Waals surface area contributed by atoms with Crippen LogP contribution in [-0.2, 0) is 9.47 Å². The molecule has 1 fully saturated rings. The summed E-state index contributed by atoms with van der Waals surface area (Å²) in [5, 5.41) is 18.4. The Morgan fingerprint density at radius 1 is 1.45 bits per heavy atom. The van der Waals surface area contributed by atoms with Gasteiger partial charge < -0.3 is 19.7 Å². The highest BCUT2D eigenvalue weighted by Crippen LogP contribution is 2.22. The van der Waals surface area contributed by atoms with Crippen LogP contribution in [0.4, 0.5) is 0 Å². The zero-order valence-corrected chi connectivity index (χ0v) is 6.86. The topological polar surface area (TPSA) is 58.9 Å². The first kappa shape index (κ1) is 9.22. The lowest BCUT2D eigenvalue weighted by atomic mass is 10.2. The van der Waals surface area contributed by atoms with E-state index >= 15 is 0 Å². The lowest BCUT2D eigenvalue weighted by molar-refractivity contribution is -0.145. The summed E-state index contributed by atoms with van der Waals surface area (Å²) in [5.74, 6) is 0.151. The van der Waals surface area contributed by atoms with Gasteiger partial charge in [-0.15, -0.1) is 11.6 Å². The number of hydrogen-bond donors (Lipinski definition) is 2. The number of methoxy groups -OCH3 is 1. The molecule has 0 aliphatic carbocycles. The SMILES string of the molecule is CO[C@@H]1O[C@H](CCl)[C@@H](O)[C@H]1O. The molecule has 66 valence electrons. The van der Waals surface area contributed by atoms with E-state index in [1.807, 2.05) is 0 Å². The minimum atomic E-state index is -0.997.